The summed E-state index contributed by atoms with van der Waals surface area (Å²) in [5.74, 6) is 7.76. The molecule has 0 saturated heterocycles. The molecule has 0 fully saturated rings. The van der Waals surface area contributed by atoms with Crippen LogP contribution in [-0.4, -0.2) is 79.9 Å². The van der Waals surface area contributed by atoms with Crippen molar-refractivity contribution in [2.45, 2.75) is 52.7 Å². The third-order valence-corrected chi connectivity index (χ3v) is 7.50. The van der Waals surface area contributed by atoms with Crippen LogP contribution in [0, 0.1) is 17.0 Å². The van der Waals surface area contributed by atoms with Gasteiger partial charge in [0.2, 0.25) is 0 Å². The predicted molar refractivity (Wildman–Crippen MR) is 180 cm³/mol. The average molecular weight is 690 g/mol. The number of hydrazine groups is 1. The lowest BCUT2D eigenvalue weighted by Gasteiger charge is -2.16. The molecule has 6 N–H and O–H groups in total. The fourth-order valence-electron chi connectivity index (χ4n) is 4.56. The lowest BCUT2D eigenvalue weighted by molar-refractivity contribution is -0.756. The Balaban J connectivity index is 0.00000257. The van der Waals surface area contributed by atoms with Gasteiger partial charge in [0.25, 0.3) is 11.6 Å². The number of nitrogens with two attached hydrogens (primary N) is 2. The average Bonchev–Trinajstić information content (AvgIpc) is 3.35. The minimum Gasteiger partial charge on any atom is -0.483 e. The van der Waals surface area contributed by atoms with Gasteiger partial charge < -0.3 is 34.8 Å². The van der Waals surface area contributed by atoms with Crippen molar-refractivity contribution in [2.75, 3.05) is 31.5 Å². The Kier molecular flexibility index (Phi) is 16.1. The monoisotopic (exact) mass is 689 g/mol. The van der Waals surface area contributed by atoms with Crippen LogP contribution in [0.15, 0.2) is 53.6 Å². The molecule has 1 heterocycles. The van der Waals surface area contributed by atoms with E-state index in [0.29, 0.717) is 29.3 Å². The van der Waals surface area contributed by atoms with Crippen LogP contribution in [-0.2, 0) is 37.7 Å². The normalized spacial score (nSPS) is 11.2. The highest BCUT2D eigenvalue weighted by Crippen LogP contribution is 2.27. The summed E-state index contributed by atoms with van der Waals surface area (Å²) in [5, 5.41) is 31.8. The SMILES string of the molecule is CCCc1nc(C(C)(C)O)c(C)n1Cc1ccc(-c2ccccc2/C(N)=N/N(N)COC(=O)OCCSCCO[N+](=O)[O-])cc1.O=CO. The van der Waals surface area contributed by atoms with Crippen LogP contribution in [0.1, 0.15) is 55.5 Å². The Hall–Kier alpha value is -4.87. The quantitative estimate of drug-likeness (QED) is 0.0183. The molecule has 0 atom stereocenters. The molecule has 0 aliphatic heterocycles. The van der Waals surface area contributed by atoms with Crippen molar-refractivity contribution in [3.8, 4) is 11.1 Å². The van der Waals surface area contributed by atoms with Gasteiger partial charge in [-0.2, -0.15) is 16.9 Å². The van der Waals surface area contributed by atoms with Crippen molar-refractivity contribution >= 4 is 30.2 Å². The Morgan fingerprint density at radius 3 is 2.44 bits per heavy atom. The van der Waals surface area contributed by atoms with Gasteiger partial charge in [-0.15, -0.1) is 15.2 Å². The molecule has 0 bridgehead atoms. The predicted octanol–water partition coefficient (Wildman–Crippen LogP) is 3.64. The van der Waals surface area contributed by atoms with Crippen molar-refractivity contribution in [3.05, 3.63) is 87.0 Å². The first-order valence-corrected chi connectivity index (χ1v) is 16.0. The minimum absolute atomic E-state index is 0.0461. The number of carbonyl (C=O) groups is 2. The number of nitrogens with zero attached hydrogens (tertiary/aromatic N) is 5. The maximum Gasteiger partial charge on any atom is 0.510 e. The van der Waals surface area contributed by atoms with Gasteiger partial charge >= 0.3 is 6.16 Å². The third kappa shape index (κ3) is 12.7. The molecule has 16 nitrogen and oxygen atoms in total. The topological polar surface area (TPSA) is 231 Å². The maximum atomic E-state index is 11.8. The number of carbonyl (C=O) groups excluding carboxylic acids is 1. The number of hydrogen-bond donors (Lipinski definition) is 4. The summed E-state index contributed by atoms with van der Waals surface area (Å²) in [6, 6.07) is 15.6. The van der Waals surface area contributed by atoms with E-state index >= 15 is 0 Å². The van der Waals surface area contributed by atoms with E-state index < -0.39 is 23.6 Å². The summed E-state index contributed by atoms with van der Waals surface area (Å²) in [6.45, 7) is 7.58. The van der Waals surface area contributed by atoms with Crippen LogP contribution in [0.4, 0.5) is 4.79 Å². The van der Waals surface area contributed by atoms with Crippen molar-refractivity contribution in [3.63, 3.8) is 0 Å². The number of rotatable bonds is 17. The number of imidazole rings is 1. The summed E-state index contributed by atoms with van der Waals surface area (Å²) in [4.78, 5) is 39.2. The number of hydrogen-bond acceptors (Lipinski definition) is 13. The van der Waals surface area contributed by atoms with E-state index in [4.69, 9.17) is 35.9 Å². The van der Waals surface area contributed by atoms with E-state index in [1.165, 1.54) is 11.8 Å². The summed E-state index contributed by atoms with van der Waals surface area (Å²) < 4.78 is 12.1. The van der Waals surface area contributed by atoms with Gasteiger partial charge in [-0.05, 0) is 43.9 Å². The van der Waals surface area contributed by atoms with Crippen LogP contribution in [0.25, 0.3) is 11.1 Å². The van der Waals surface area contributed by atoms with Gasteiger partial charge in [0.05, 0.1) is 5.69 Å². The molecule has 17 heteroatoms. The Bertz CT molecular complexity index is 1510. The molecule has 3 rings (SSSR count). The zero-order valence-corrected chi connectivity index (χ0v) is 28.2. The molecule has 1 aromatic heterocycles. The molecule has 0 radical (unpaired) electrons. The Labute approximate surface area is 282 Å². The molecule has 3 aromatic rings. The summed E-state index contributed by atoms with van der Waals surface area (Å²) in [5.41, 5.74) is 10.4. The largest absolute Gasteiger partial charge is 0.510 e. The molecule has 48 heavy (non-hydrogen) atoms. The Morgan fingerprint density at radius 1 is 1.17 bits per heavy atom. The second-order valence-electron chi connectivity index (χ2n) is 10.7. The summed E-state index contributed by atoms with van der Waals surface area (Å²) in [6.07, 6.45) is 0.824. The number of aromatic nitrogens is 2. The van der Waals surface area contributed by atoms with Crippen molar-refractivity contribution < 1.29 is 39.2 Å². The minimum atomic E-state index is -1.03. The highest BCUT2D eigenvalue weighted by Gasteiger charge is 2.25. The smallest absolute Gasteiger partial charge is 0.483 e. The van der Waals surface area contributed by atoms with Crippen molar-refractivity contribution in [1.82, 2.24) is 14.7 Å². The van der Waals surface area contributed by atoms with Crippen LogP contribution < -0.4 is 11.6 Å². The second kappa shape index (κ2) is 19.7. The molecular formula is C31H43N7O9S. The lowest BCUT2D eigenvalue weighted by atomic mass is 9.98. The number of aliphatic hydroxyl groups is 1. The summed E-state index contributed by atoms with van der Waals surface area (Å²) >= 11 is 1.32. The van der Waals surface area contributed by atoms with E-state index in [2.05, 4.69) is 21.4 Å². The maximum absolute atomic E-state index is 11.8. The van der Waals surface area contributed by atoms with Gasteiger partial charge in [0.1, 0.15) is 24.6 Å². The van der Waals surface area contributed by atoms with Crippen molar-refractivity contribution in [2.24, 2.45) is 16.7 Å². The van der Waals surface area contributed by atoms with Crippen LogP contribution in [0.3, 0.4) is 0 Å². The number of benzene rings is 2. The van der Waals surface area contributed by atoms with E-state index in [1.54, 1.807) is 13.8 Å². The summed E-state index contributed by atoms with van der Waals surface area (Å²) in [7, 11) is 0. The Morgan fingerprint density at radius 2 is 1.81 bits per heavy atom. The van der Waals surface area contributed by atoms with Gasteiger partial charge in [-0.3, -0.25) is 4.79 Å². The fourth-order valence-corrected chi connectivity index (χ4v) is 5.16. The van der Waals surface area contributed by atoms with Crippen molar-refractivity contribution in [1.29, 1.82) is 0 Å². The number of ether oxygens (including phenoxy) is 2. The van der Waals surface area contributed by atoms with Crippen LogP contribution in [0.2, 0.25) is 0 Å². The highest BCUT2D eigenvalue weighted by atomic mass is 32.2. The molecular weight excluding hydrogens is 646 g/mol. The molecule has 0 aliphatic rings. The molecule has 0 aliphatic carbocycles. The van der Waals surface area contributed by atoms with Gasteiger partial charge in [0, 0.05) is 35.7 Å². The van der Waals surface area contributed by atoms with E-state index in [9.17, 15) is 20.0 Å². The number of carboxylic acid groups (broad SMARTS) is 1. The number of thioether (sulfide) groups is 1. The molecule has 262 valence electrons. The first-order chi connectivity index (χ1) is 22.8. The van der Waals surface area contributed by atoms with Gasteiger partial charge in [0.15, 0.2) is 12.6 Å². The standard InChI is InChI=1S/C30H41N7O7S.CH2O2/c1-5-8-26-33-27(30(3,4)39)21(2)35(26)19-22-11-13-23(14-12-22)24-9-6-7-10-25(24)28(31)34-36(32)20-43-29(38)42-15-17-45-18-16-44-37(40)41;2-1-3/h6-7,9-14,39H,5,8,15-20,32H2,1-4H3,(H2,31,34);1H,(H,2,3). The van der Waals surface area contributed by atoms with E-state index in [1.807, 2.05) is 55.5 Å². The number of hydrazone groups is 1. The third-order valence-electron chi connectivity index (χ3n) is 6.58. The molecule has 0 unspecified atom stereocenters. The van der Waals surface area contributed by atoms with Gasteiger partial charge in [-0.1, -0.05) is 55.5 Å². The van der Waals surface area contributed by atoms with Crippen LogP contribution in [0.5, 0.6) is 0 Å². The molecule has 2 aromatic carbocycles. The number of aryl methyl sites for hydroxylation is 1. The van der Waals surface area contributed by atoms with Gasteiger partial charge in [-0.25, -0.2) is 15.6 Å². The molecule has 0 spiro atoms. The zero-order chi connectivity index (χ0) is 35.7. The number of amidine groups is 1. The van der Waals surface area contributed by atoms with E-state index in [-0.39, 0.29) is 25.5 Å². The molecule has 0 saturated carbocycles. The lowest BCUT2D eigenvalue weighted by Crippen LogP contribution is -2.33. The first-order valence-electron chi connectivity index (χ1n) is 14.9. The zero-order valence-electron chi connectivity index (χ0n) is 27.4. The van der Waals surface area contributed by atoms with Crippen LogP contribution >= 0.6 is 11.8 Å². The fraction of sp³-hybridized carbons (Fsp3) is 0.419. The second-order valence-corrected chi connectivity index (χ2v) is 11.9. The first kappa shape index (κ1) is 39.3. The highest BCUT2D eigenvalue weighted by molar-refractivity contribution is 7.99. The molecule has 0 amide bonds. The van der Waals surface area contributed by atoms with E-state index in [0.717, 1.165) is 46.2 Å².